The molecule has 88 valence electrons. The van der Waals surface area contributed by atoms with E-state index < -0.39 is 0 Å². The predicted molar refractivity (Wildman–Crippen MR) is 69.8 cm³/mol. The number of hydrogen-bond acceptors (Lipinski definition) is 0. The number of rotatable bonds is 3. The van der Waals surface area contributed by atoms with Crippen molar-refractivity contribution in [2.24, 2.45) is 5.41 Å². The summed E-state index contributed by atoms with van der Waals surface area (Å²) in [6.45, 7) is 0. The highest BCUT2D eigenvalue weighted by atomic mass is 79.9. The maximum atomic E-state index is 13.3. The van der Waals surface area contributed by atoms with Crippen LogP contribution in [0.15, 0.2) is 18.2 Å². The van der Waals surface area contributed by atoms with Gasteiger partial charge in [-0.2, -0.15) is 0 Å². The second-order valence-corrected chi connectivity index (χ2v) is 5.73. The van der Waals surface area contributed by atoms with Crippen molar-refractivity contribution in [2.75, 3.05) is 5.33 Å². The van der Waals surface area contributed by atoms with E-state index in [0.29, 0.717) is 5.41 Å². The molecule has 0 aliphatic heterocycles. The minimum absolute atomic E-state index is 0.211. The summed E-state index contributed by atoms with van der Waals surface area (Å²) in [6, 6.07) is 5.17. The van der Waals surface area contributed by atoms with Gasteiger partial charge in [-0.1, -0.05) is 46.4 Å². The van der Waals surface area contributed by atoms with Gasteiger partial charge in [-0.3, -0.25) is 0 Å². The smallest absolute Gasteiger partial charge is 0.142 e. The van der Waals surface area contributed by atoms with Crippen LogP contribution in [0.25, 0.3) is 0 Å². The molecule has 1 aromatic rings. The Morgan fingerprint density at radius 2 is 2.00 bits per heavy atom. The SMILES string of the molecule is Fc1cc(CC2(CBr)CCCC2)ccc1Cl. The average molecular weight is 306 g/mol. The molecule has 0 heterocycles. The van der Waals surface area contributed by atoms with Crippen molar-refractivity contribution in [3.63, 3.8) is 0 Å². The Bertz CT molecular complexity index is 372. The third-order valence-corrected chi connectivity index (χ3v) is 5.01. The van der Waals surface area contributed by atoms with Crippen molar-refractivity contribution in [3.8, 4) is 0 Å². The van der Waals surface area contributed by atoms with Crippen LogP contribution < -0.4 is 0 Å². The van der Waals surface area contributed by atoms with Gasteiger partial charge in [0.1, 0.15) is 5.82 Å². The van der Waals surface area contributed by atoms with Gasteiger partial charge >= 0.3 is 0 Å². The fourth-order valence-corrected chi connectivity index (χ4v) is 3.44. The minimum Gasteiger partial charge on any atom is -0.205 e. The second-order valence-electron chi connectivity index (χ2n) is 4.77. The average Bonchev–Trinajstić information content (AvgIpc) is 2.73. The van der Waals surface area contributed by atoms with Crippen LogP contribution in [0.1, 0.15) is 31.2 Å². The molecule has 0 spiro atoms. The zero-order chi connectivity index (χ0) is 11.6. The van der Waals surface area contributed by atoms with Crippen molar-refractivity contribution >= 4 is 27.5 Å². The van der Waals surface area contributed by atoms with Gasteiger partial charge in [0, 0.05) is 5.33 Å². The van der Waals surface area contributed by atoms with E-state index in [9.17, 15) is 4.39 Å². The first-order valence-electron chi connectivity index (χ1n) is 5.65. The summed E-state index contributed by atoms with van der Waals surface area (Å²) in [4.78, 5) is 0. The molecule has 0 N–H and O–H groups in total. The van der Waals surface area contributed by atoms with Crippen LogP contribution in [0.2, 0.25) is 5.02 Å². The maximum absolute atomic E-state index is 13.3. The monoisotopic (exact) mass is 304 g/mol. The van der Waals surface area contributed by atoms with Crippen molar-refractivity contribution in [1.29, 1.82) is 0 Å². The molecular formula is C13H15BrClF. The Hall–Kier alpha value is -0.0800. The van der Waals surface area contributed by atoms with Gasteiger partial charge in [-0.25, -0.2) is 4.39 Å². The van der Waals surface area contributed by atoms with Crippen LogP contribution in [0.4, 0.5) is 4.39 Å². The number of alkyl halides is 1. The van der Waals surface area contributed by atoms with Crippen LogP contribution in [0.5, 0.6) is 0 Å². The zero-order valence-electron chi connectivity index (χ0n) is 9.11. The summed E-state index contributed by atoms with van der Waals surface area (Å²) >= 11 is 9.29. The van der Waals surface area contributed by atoms with Gasteiger partial charge < -0.3 is 0 Å². The fraction of sp³-hybridized carbons (Fsp3) is 0.538. The fourth-order valence-electron chi connectivity index (χ4n) is 2.57. The molecule has 1 aliphatic rings. The van der Waals surface area contributed by atoms with E-state index in [-0.39, 0.29) is 10.8 Å². The molecule has 0 aromatic heterocycles. The Morgan fingerprint density at radius 1 is 1.31 bits per heavy atom. The lowest BCUT2D eigenvalue weighted by molar-refractivity contribution is 0.346. The molecule has 0 radical (unpaired) electrons. The molecule has 0 atom stereocenters. The van der Waals surface area contributed by atoms with Crippen LogP contribution in [-0.2, 0) is 6.42 Å². The summed E-state index contributed by atoms with van der Waals surface area (Å²) < 4.78 is 13.3. The molecule has 2 rings (SSSR count). The summed E-state index contributed by atoms with van der Waals surface area (Å²) in [5.74, 6) is -0.304. The minimum atomic E-state index is -0.304. The lowest BCUT2D eigenvalue weighted by Crippen LogP contribution is -2.21. The van der Waals surface area contributed by atoms with Gasteiger partial charge in [0.25, 0.3) is 0 Å². The van der Waals surface area contributed by atoms with E-state index >= 15 is 0 Å². The van der Waals surface area contributed by atoms with E-state index in [1.54, 1.807) is 12.1 Å². The molecule has 1 saturated carbocycles. The molecule has 16 heavy (non-hydrogen) atoms. The molecule has 0 bridgehead atoms. The molecule has 0 saturated heterocycles. The van der Waals surface area contributed by atoms with Crippen LogP contribution in [0, 0.1) is 11.2 Å². The summed E-state index contributed by atoms with van der Waals surface area (Å²) in [5.41, 5.74) is 1.39. The molecular weight excluding hydrogens is 290 g/mol. The highest BCUT2D eigenvalue weighted by molar-refractivity contribution is 9.09. The van der Waals surface area contributed by atoms with Crippen molar-refractivity contribution in [3.05, 3.63) is 34.6 Å². The van der Waals surface area contributed by atoms with E-state index in [1.165, 1.54) is 25.7 Å². The topological polar surface area (TPSA) is 0 Å². The van der Waals surface area contributed by atoms with Gasteiger partial charge in [0.05, 0.1) is 5.02 Å². The standard InChI is InChI=1S/C13H15BrClF/c14-9-13(5-1-2-6-13)8-10-3-4-11(15)12(16)7-10/h3-4,7H,1-2,5-6,8-9H2. The molecule has 0 unspecified atom stereocenters. The molecule has 3 heteroatoms. The van der Waals surface area contributed by atoms with E-state index in [1.807, 2.05) is 6.07 Å². The van der Waals surface area contributed by atoms with E-state index in [0.717, 1.165) is 17.3 Å². The van der Waals surface area contributed by atoms with Crippen LogP contribution in [-0.4, -0.2) is 5.33 Å². The Balaban J connectivity index is 2.16. The van der Waals surface area contributed by atoms with E-state index in [2.05, 4.69) is 15.9 Å². The van der Waals surface area contributed by atoms with Gasteiger partial charge in [-0.15, -0.1) is 0 Å². The van der Waals surface area contributed by atoms with Crippen LogP contribution in [0.3, 0.4) is 0 Å². The molecule has 1 aliphatic carbocycles. The lowest BCUT2D eigenvalue weighted by atomic mass is 9.82. The van der Waals surface area contributed by atoms with Crippen molar-refractivity contribution in [2.45, 2.75) is 32.1 Å². The summed E-state index contributed by atoms with van der Waals surface area (Å²) in [7, 11) is 0. The Kier molecular flexibility index (Phi) is 3.91. The quantitative estimate of drug-likeness (QED) is 0.691. The lowest BCUT2D eigenvalue weighted by Gasteiger charge is -2.26. The van der Waals surface area contributed by atoms with Gasteiger partial charge in [-0.05, 0) is 42.4 Å². The first-order chi connectivity index (χ1) is 7.65. The normalized spacial score (nSPS) is 18.9. The number of benzene rings is 1. The third-order valence-electron chi connectivity index (χ3n) is 3.51. The van der Waals surface area contributed by atoms with Gasteiger partial charge in [0.15, 0.2) is 0 Å². The molecule has 1 aromatic carbocycles. The molecule has 1 fully saturated rings. The Morgan fingerprint density at radius 3 is 2.56 bits per heavy atom. The third kappa shape index (κ3) is 2.60. The predicted octanol–water partition coefficient (Wildman–Crippen LogP) is 4.98. The maximum Gasteiger partial charge on any atom is 0.142 e. The van der Waals surface area contributed by atoms with Crippen molar-refractivity contribution in [1.82, 2.24) is 0 Å². The number of hydrogen-bond donors (Lipinski definition) is 0. The number of halogens is 3. The van der Waals surface area contributed by atoms with Crippen molar-refractivity contribution < 1.29 is 4.39 Å². The molecule has 0 amide bonds. The first kappa shape index (κ1) is 12.4. The largest absolute Gasteiger partial charge is 0.205 e. The highest BCUT2D eigenvalue weighted by Crippen LogP contribution is 2.42. The van der Waals surface area contributed by atoms with Gasteiger partial charge in [0.2, 0.25) is 0 Å². The Labute approximate surface area is 109 Å². The van der Waals surface area contributed by atoms with Crippen LogP contribution >= 0.6 is 27.5 Å². The summed E-state index contributed by atoms with van der Waals surface area (Å²) in [5, 5.41) is 1.22. The highest BCUT2D eigenvalue weighted by Gasteiger charge is 2.32. The summed E-state index contributed by atoms with van der Waals surface area (Å²) in [6.07, 6.45) is 6.01. The molecule has 0 nitrogen and oxygen atoms in total. The first-order valence-corrected chi connectivity index (χ1v) is 7.15. The second kappa shape index (κ2) is 5.05. The zero-order valence-corrected chi connectivity index (χ0v) is 11.5. The van der Waals surface area contributed by atoms with E-state index in [4.69, 9.17) is 11.6 Å².